The summed E-state index contributed by atoms with van der Waals surface area (Å²) in [5.41, 5.74) is 0.647. The predicted octanol–water partition coefficient (Wildman–Crippen LogP) is 2.33. The fraction of sp³-hybridized carbons (Fsp3) is 0.533. The Morgan fingerprint density at radius 2 is 2.11 bits per heavy atom. The first-order chi connectivity index (χ1) is 8.75. The highest BCUT2D eigenvalue weighted by molar-refractivity contribution is 5.89. The number of benzene rings is 1. The van der Waals surface area contributed by atoms with Crippen molar-refractivity contribution in [2.75, 3.05) is 13.7 Å². The summed E-state index contributed by atoms with van der Waals surface area (Å²) in [5.74, 6) is 0.336. The summed E-state index contributed by atoms with van der Waals surface area (Å²) in [6.07, 6.45) is 3.75. The number of carbonyl (C=O) groups excluding carboxylic acids is 1. The van der Waals surface area contributed by atoms with Gasteiger partial charge in [-0.25, -0.2) is 4.79 Å². The van der Waals surface area contributed by atoms with Gasteiger partial charge in [0.2, 0.25) is 0 Å². The molecule has 0 spiro atoms. The van der Waals surface area contributed by atoms with Gasteiger partial charge in [-0.3, -0.25) is 0 Å². The van der Waals surface area contributed by atoms with Crippen molar-refractivity contribution in [3.05, 3.63) is 35.9 Å². The Morgan fingerprint density at radius 3 is 2.72 bits per heavy atom. The molecule has 1 aromatic carbocycles. The Labute approximate surface area is 108 Å². The average Bonchev–Trinajstić information content (AvgIpc) is 2.92. The molecular formula is C15H19NO2. The van der Waals surface area contributed by atoms with Crippen LogP contribution in [-0.2, 0) is 4.74 Å². The highest BCUT2D eigenvalue weighted by Gasteiger charge is 2.44. The maximum Gasteiger partial charge on any atom is 0.338 e. The maximum absolute atomic E-state index is 11.9. The molecule has 0 amide bonds. The summed E-state index contributed by atoms with van der Waals surface area (Å²) in [7, 11) is 2.20. The highest BCUT2D eigenvalue weighted by Crippen LogP contribution is 2.40. The Hall–Kier alpha value is -1.35. The average molecular weight is 245 g/mol. The second-order valence-corrected chi connectivity index (χ2v) is 5.42. The summed E-state index contributed by atoms with van der Waals surface area (Å²) in [6, 6.07) is 10.6. The van der Waals surface area contributed by atoms with Gasteiger partial charge in [-0.1, -0.05) is 18.2 Å². The number of hydrogen-bond donors (Lipinski definition) is 0. The molecule has 3 unspecified atom stereocenters. The first kappa shape index (κ1) is 11.7. The van der Waals surface area contributed by atoms with Gasteiger partial charge >= 0.3 is 5.97 Å². The standard InChI is InChI=1S/C15H19NO2/c1-16-13-7-8-14(16)12(9-13)10-18-15(17)11-5-3-2-4-6-11/h2-6,12-14H,7-10H2,1H3. The number of nitrogens with zero attached hydrogens (tertiary/aromatic N) is 1. The van der Waals surface area contributed by atoms with E-state index in [0.717, 1.165) is 6.04 Å². The van der Waals surface area contributed by atoms with E-state index in [1.54, 1.807) is 12.1 Å². The minimum atomic E-state index is -0.193. The van der Waals surface area contributed by atoms with Crippen LogP contribution in [0.25, 0.3) is 0 Å². The van der Waals surface area contributed by atoms with Crippen LogP contribution in [-0.4, -0.2) is 36.6 Å². The molecule has 3 heteroatoms. The summed E-state index contributed by atoms with van der Waals surface area (Å²) < 4.78 is 5.45. The second kappa shape index (κ2) is 4.73. The molecule has 2 aliphatic heterocycles. The summed E-state index contributed by atoms with van der Waals surface area (Å²) >= 11 is 0. The van der Waals surface area contributed by atoms with Gasteiger partial charge in [-0.05, 0) is 38.4 Å². The SMILES string of the molecule is CN1C2CCC1C(COC(=O)c1ccccc1)C2. The predicted molar refractivity (Wildman–Crippen MR) is 69.4 cm³/mol. The topological polar surface area (TPSA) is 29.5 Å². The summed E-state index contributed by atoms with van der Waals surface area (Å²) in [4.78, 5) is 14.3. The normalized spacial score (nSPS) is 30.6. The summed E-state index contributed by atoms with van der Waals surface area (Å²) in [5, 5.41) is 0. The smallest absolute Gasteiger partial charge is 0.338 e. The fourth-order valence-corrected chi connectivity index (χ4v) is 3.42. The lowest BCUT2D eigenvalue weighted by Gasteiger charge is -2.21. The third kappa shape index (κ3) is 2.03. The van der Waals surface area contributed by atoms with Crippen LogP contribution in [0, 0.1) is 5.92 Å². The van der Waals surface area contributed by atoms with Crippen molar-refractivity contribution in [1.82, 2.24) is 4.90 Å². The van der Waals surface area contributed by atoms with Gasteiger partial charge in [-0.15, -0.1) is 0 Å². The molecule has 96 valence electrons. The third-order valence-electron chi connectivity index (χ3n) is 4.45. The van der Waals surface area contributed by atoms with E-state index in [-0.39, 0.29) is 5.97 Å². The number of esters is 1. The zero-order valence-corrected chi connectivity index (χ0v) is 10.7. The van der Waals surface area contributed by atoms with Crippen LogP contribution >= 0.6 is 0 Å². The molecule has 2 bridgehead atoms. The second-order valence-electron chi connectivity index (χ2n) is 5.42. The van der Waals surface area contributed by atoms with Crippen LogP contribution in [0.15, 0.2) is 30.3 Å². The number of ether oxygens (including phenoxy) is 1. The van der Waals surface area contributed by atoms with Crippen LogP contribution in [0.4, 0.5) is 0 Å². The molecule has 2 fully saturated rings. The molecular weight excluding hydrogens is 226 g/mol. The fourth-order valence-electron chi connectivity index (χ4n) is 3.42. The monoisotopic (exact) mass is 245 g/mol. The van der Waals surface area contributed by atoms with Crippen molar-refractivity contribution in [3.8, 4) is 0 Å². The van der Waals surface area contributed by atoms with E-state index in [4.69, 9.17) is 4.74 Å². The first-order valence-corrected chi connectivity index (χ1v) is 6.70. The largest absolute Gasteiger partial charge is 0.462 e. The molecule has 0 saturated carbocycles. The Kier molecular flexibility index (Phi) is 3.08. The number of hydrogen-bond acceptors (Lipinski definition) is 3. The summed E-state index contributed by atoms with van der Waals surface area (Å²) in [6.45, 7) is 0.569. The van der Waals surface area contributed by atoms with Crippen molar-refractivity contribution in [2.45, 2.75) is 31.3 Å². The van der Waals surface area contributed by atoms with E-state index in [9.17, 15) is 4.79 Å². The van der Waals surface area contributed by atoms with Gasteiger partial charge < -0.3 is 9.64 Å². The van der Waals surface area contributed by atoms with Crippen LogP contribution in [0.3, 0.4) is 0 Å². The van der Waals surface area contributed by atoms with E-state index < -0.39 is 0 Å². The lowest BCUT2D eigenvalue weighted by molar-refractivity contribution is 0.0411. The lowest BCUT2D eigenvalue weighted by Crippen LogP contribution is -2.28. The van der Waals surface area contributed by atoms with Crippen molar-refractivity contribution in [3.63, 3.8) is 0 Å². The molecule has 2 heterocycles. The molecule has 2 aliphatic rings. The first-order valence-electron chi connectivity index (χ1n) is 6.70. The van der Waals surface area contributed by atoms with Crippen LogP contribution in [0.1, 0.15) is 29.6 Å². The van der Waals surface area contributed by atoms with Crippen molar-refractivity contribution in [2.24, 2.45) is 5.92 Å². The van der Waals surface area contributed by atoms with Crippen molar-refractivity contribution in [1.29, 1.82) is 0 Å². The van der Waals surface area contributed by atoms with E-state index in [1.807, 2.05) is 18.2 Å². The van der Waals surface area contributed by atoms with E-state index in [0.29, 0.717) is 24.1 Å². The molecule has 0 aromatic heterocycles. The number of carbonyl (C=O) groups is 1. The number of fused-ring (bicyclic) bond motifs is 2. The van der Waals surface area contributed by atoms with Crippen molar-refractivity contribution >= 4 is 5.97 Å². The van der Waals surface area contributed by atoms with Gasteiger partial charge in [0.05, 0.1) is 12.2 Å². The quantitative estimate of drug-likeness (QED) is 0.765. The molecule has 18 heavy (non-hydrogen) atoms. The minimum absolute atomic E-state index is 0.193. The van der Waals surface area contributed by atoms with Crippen LogP contribution in [0.2, 0.25) is 0 Å². The molecule has 0 radical (unpaired) electrons. The molecule has 0 aliphatic carbocycles. The van der Waals surface area contributed by atoms with Crippen LogP contribution < -0.4 is 0 Å². The Morgan fingerprint density at radius 1 is 1.33 bits per heavy atom. The molecule has 3 nitrogen and oxygen atoms in total. The Bertz CT molecular complexity index is 431. The molecule has 3 atom stereocenters. The molecule has 1 aromatic rings. The van der Waals surface area contributed by atoms with Gasteiger partial charge in [0.15, 0.2) is 0 Å². The van der Waals surface area contributed by atoms with Gasteiger partial charge in [0.25, 0.3) is 0 Å². The molecule has 0 N–H and O–H groups in total. The number of rotatable bonds is 3. The van der Waals surface area contributed by atoms with Gasteiger partial charge in [0, 0.05) is 18.0 Å². The van der Waals surface area contributed by atoms with E-state index >= 15 is 0 Å². The van der Waals surface area contributed by atoms with Gasteiger partial charge in [-0.2, -0.15) is 0 Å². The zero-order chi connectivity index (χ0) is 12.5. The lowest BCUT2D eigenvalue weighted by atomic mass is 9.90. The van der Waals surface area contributed by atoms with Crippen LogP contribution in [0.5, 0.6) is 0 Å². The zero-order valence-electron chi connectivity index (χ0n) is 10.7. The Balaban J connectivity index is 1.55. The van der Waals surface area contributed by atoms with E-state index in [1.165, 1.54) is 19.3 Å². The van der Waals surface area contributed by atoms with E-state index in [2.05, 4.69) is 11.9 Å². The molecule has 2 saturated heterocycles. The third-order valence-corrected chi connectivity index (χ3v) is 4.45. The minimum Gasteiger partial charge on any atom is -0.462 e. The highest BCUT2D eigenvalue weighted by atomic mass is 16.5. The van der Waals surface area contributed by atoms with Crippen molar-refractivity contribution < 1.29 is 9.53 Å². The maximum atomic E-state index is 11.9. The van der Waals surface area contributed by atoms with Gasteiger partial charge in [0.1, 0.15) is 0 Å². The molecule has 3 rings (SSSR count).